The summed E-state index contributed by atoms with van der Waals surface area (Å²) in [4.78, 5) is 15.2. The first kappa shape index (κ1) is 20.8. The maximum Gasteiger partial charge on any atom is 0.255 e. The number of hydrogen-bond acceptors (Lipinski definition) is 4. The highest BCUT2D eigenvalue weighted by Gasteiger charge is 2.29. The number of carbonyl (C=O) groups is 1. The third-order valence-electron chi connectivity index (χ3n) is 5.02. The Labute approximate surface area is 175 Å². The maximum atomic E-state index is 12.8. The lowest BCUT2D eigenvalue weighted by atomic mass is 10.0. The Bertz CT molecular complexity index is 804. The van der Waals surface area contributed by atoms with Crippen LogP contribution in [0.4, 0.5) is 0 Å². The van der Waals surface area contributed by atoms with E-state index in [4.69, 9.17) is 9.47 Å². The summed E-state index contributed by atoms with van der Waals surface area (Å²) in [5.74, 6) is 0.462. The van der Waals surface area contributed by atoms with Crippen molar-refractivity contribution in [2.45, 2.75) is 26.0 Å². The molecule has 1 aliphatic heterocycles. The van der Waals surface area contributed by atoms with Crippen molar-refractivity contribution in [2.24, 2.45) is 0 Å². The second kappa shape index (κ2) is 9.54. The molecular weight excluding hydrogens is 420 g/mol. The van der Waals surface area contributed by atoms with E-state index in [1.54, 1.807) is 6.07 Å². The molecule has 0 atom stereocenters. The van der Waals surface area contributed by atoms with Crippen molar-refractivity contribution < 1.29 is 14.3 Å². The number of hydrogen-bond donors (Lipinski definition) is 1. The van der Waals surface area contributed by atoms with Crippen LogP contribution in [-0.2, 0) is 11.3 Å². The van der Waals surface area contributed by atoms with Gasteiger partial charge in [-0.25, -0.2) is 0 Å². The van der Waals surface area contributed by atoms with E-state index in [1.165, 1.54) is 0 Å². The summed E-state index contributed by atoms with van der Waals surface area (Å²) in [6.45, 7) is 8.49. The molecule has 150 valence electrons. The number of halogens is 1. The van der Waals surface area contributed by atoms with Gasteiger partial charge in [-0.2, -0.15) is 0 Å². The lowest BCUT2D eigenvalue weighted by Gasteiger charge is -2.40. The zero-order valence-corrected chi connectivity index (χ0v) is 18.0. The van der Waals surface area contributed by atoms with E-state index in [0.717, 1.165) is 36.3 Å². The number of para-hydroxylation sites is 1. The molecule has 0 unspecified atom stereocenters. The Morgan fingerprint density at radius 3 is 2.57 bits per heavy atom. The average molecular weight is 447 g/mol. The van der Waals surface area contributed by atoms with E-state index in [-0.39, 0.29) is 11.4 Å². The van der Waals surface area contributed by atoms with E-state index < -0.39 is 0 Å². The van der Waals surface area contributed by atoms with Crippen molar-refractivity contribution >= 4 is 21.8 Å². The van der Waals surface area contributed by atoms with Gasteiger partial charge in [0.1, 0.15) is 12.4 Å². The molecular formula is C22H27BrN2O3. The Hall–Kier alpha value is -1.89. The quantitative estimate of drug-likeness (QED) is 0.701. The van der Waals surface area contributed by atoms with Crippen LogP contribution in [0.2, 0.25) is 0 Å². The van der Waals surface area contributed by atoms with Crippen LogP contribution in [0.15, 0.2) is 53.0 Å². The number of rotatable bonds is 7. The van der Waals surface area contributed by atoms with Crippen molar-refractivity contribution in [1.82, 2.24) is 10.2 Å². The summed E-state index contributed by atoms with van der Waals surface area (Å²) in [5, 5.41) is 3.08. The first-order valence-electron chi connectivity index (χ1n) is 9.53. The highest BCUT2D eigenvalue weighted by atomic mass is 79.9. The Kier molecular flexibility index (Phi) is 7.10. The van der Waals surface area contributed by atoms with Gasteiger partial charge in [-0.05, 0) is 32.0 Å². The minimum Gasteiger partial charge on any atom is -0.488 e. The minimum absolute atomic E-state index is 0.121. The van der Waals surface area contributed by atoms with Crippen LogP contribution in [0.3, 0.4) is 0 Å². The van der Waals surface area contributed by atoms with Gasteiger partial charge in [0.15, 0.2) is 0 Å². The molecule has 6 heteroatoms. The summed E-state index contributed by atoms with van der Waals surface area (Å²) in [6.07, 6.45) is 0. The van der Waals surface area contributed by atoms with Gasteiger partial charge in [-0.15, -0.1) is 0 Å². The highest BCUT2D eigenvalue weighted by molar-refractivity contribution is 9.10. The summed E-state index contributed by atoms with van der Waals surface area (Å²) in [7, 11) is 0. The number of benzene rings is 2. The van der Waals surface area contributed by atoms with Crippen LogP contribution in [0.5, 0.6) is 5.75 Å². The molecule has 2 aromatic carbocycles. The summed E-state index contributed by atoms with van der Waals surface area (Å²) in [6, 6.07) is 15.3. The summed E-state index contributed by atoms with van der Waals surface area (Å²) < 4.78 is 12.4. The number of nitrogens with one attached hydrogen (secondary N) is 1. The number of ether oxygens (including phenoxy) is 2. The molecule has 0 bridgehead atoms. The van der Waals surface area contributed by atoms with Crippen molar-refractivity contribution in [2.75, 3.05) is 32.8 Å². The Morgan fingerprint density at radius 2 is 1.82 bits per heavy atom. The molecule has 0 radical (unpaired) electrons. The number of amides is 1. The predicted octanol–water partition coefficient (Wildman–Crippen LogP) is 3.87. The molecule has 1 N–H and O–H groups in total. The zero-order chi connectivity index (χ0) is 20.0. The van der Waals surface area contributed by atoms with Crippen LogP contribution >= 0.6 is 15.9 Å². The van der Waals surface area contributed by atoms with Gasteiger partial charge in [0.2, 0.25) is 0 Å². The van der Waals surface area contributed by atoms with Gasteiger partial charge in [-0.1, -0.05) is 46.3 Å². The third kappa shape index (κ3) is 5.34. The fraction of sp³-hybridized carbons (Fsp3) is 0.409. The molecule has 28 heavy (non-hydrogen) atoms. The van der Waals surface area contributed by atoms with Gasteiger partial charge >= 0.3 is 0 Å². The Morgan fingerprint density at radius 1 is 1.14 bits per heavy atom. The third-order valence-corrected chi connectivity index (χ3v) is 5.80. The molecule has 0 spiro atoms. The molecule has 5 nitrogen and oxygen atoms in total. The molecule has 1 fully saturated rings. The van der Waals surface area contributed by atoms with E-state index in [2.05, 4.69) is 40.0 Å². The lowest BCUT2D eigenvalue weighted by Crippen LogP contribution is -2.55. The first-order valence-corrected chi connectivity index (χ1v) is 10.3. The van der Waals surface area contributed by atoms with E-state index in [1.807, 2.05) is 42.5 Å². The number of nitrogens with zero attached hydrogens (tertiary/aromatic N) is 1. The average Bonchev–Trinajstić information content (AvgIpc) is 2.72. The molecule has 1 amide bonds. The van der Waals surface area contributed by atoms with Gasteiger partial charge in [0.25, 0.3) is 5.91 Å². The maximum absolute atomic E-state index is 12.8. The number of morpholine rings is 1. The topological polar surface area (TPSA) is 50.8 Å². The first-order chi connectivity index (χ1) is 13.5. The van der Waals surface area contributed by atoms with Crippen LogP contribution in [0, 0.1) is 0 Å². The SMILES string of the molecule is CC(C)(CNC(=O)c1ccccc1OCc1ccccc1Br)N1CCOCC1. The van der Waals surface area contributed by atoms with E-state index in [9.17, 15) is 4.79 Å². The van der Waals surface area contributed by atoms with Crippen molar-refractivity contribution in [3.63, 3.8) is 0 Å². The van der Waals surface area contributed by atoms with Crippen molar-refractivity contribution in [3.8, 4) is 5.75 Å². The van der Waals surface area contributed by atoms with Gasteiger partial charge in [0, 0.05) is 35.2 Å². The predicted molar refractivity (Wildman–Crippen MR) is 114 cm³/mol. The van der Waals surface area contributed by atoms with Gasteiger partial charge < -0.3 is 14.8 Å². The normalized spacial score (nSPS) is 15.2. The molecule has 0 aliphatic carbocycles. The van der Waals surface area contributed by atoms with Crippen molar-refractivity contribution in [1.29, 1.82) is 0 Å². The summed E-state index contributed by atoms with van der Waals surface area (Å²) in [5.41, 5.74) is 1.45. The second-order valence-corrected chi connectivity index (χ2v) is 8.33. The van der Waals surface area contributed by atoms with Crippen LogP contribution in [0.1, 0.15) is 29.8 Å². The fourth-order valence-electron chi connectivity index (χ4n) is 3.22. The minimum atomic E-state index is -0.135. The second-order valence-electron chi connectivity index (χ2n) is 7.47. The van der Waals surface area contributed by atoms with E-state index >= 15 is 0 Å². The van der Waals surface area contributed by atoms with Crippen LogP contribution in [-0.4, -0.2) is 49.2 Å². The molecule has 0 saturated carbocycles. The molecule has 2 aromatic rings. The molecule has 1 saturated heterocycles. The zero-order valence-electron chi connectivity index (χ0n) is 16.4. The molecule has 3 rings (SSSR count). The highest BCUT2D eigenvalue weighted by Crippen LogP contribution is 2.23. The Balaban J connectivity index is 1.63. The summed E-state index contributed by atoms with van der Waals surface area (Å²) >= 11 is 3.53. The largest absolute Gasteiger partial charge is 0.488 e. The van der Waals surface area contributed by atoms with Gasteiger partial charge in [-0.3, -0.25) is 9.69 Å². The van der Waals surface area contributed by atoms with Crippen molar-refractivity contribution in [3.05, 3.63) is 64.1 Å². The monoisotopic (exact) mass is 446 g/mol. The lowest BCUT2D eigenvalue weighted by molar-refractivity contribution is -0.00924. The molecule has 1 heterocycles. The standard InChI is InChI=1S/C22H27BrN2O3/c1-22(2,25-11-13-27-14-12-25)16-24-21(26)18-8-4-6-10-20(18)28-15-17-7-3-5-9-19(17)23/h3-10H,11-16H2,1-2H3,(H,24,26). The van der Waals surface area contributed by atoms with Crippen LogP contribution in [0.25, 0.3) is 0 Å². The van der Waals surface area contributed by atoms with Gasteiger partial charge in [0.05, 0.1) is 18.8 Å². The molecule has 1 aliphatic rings. The van der Waals surface area contributed by atoms with E-state index in [0.29, 0.717) is 24.5 Å². The fourth-order valence-corrected chi connectivity index (χ4v) is 3.62. The molecule has 0 aromatic heterocycles. The number of carbonyl (C=O) groups excluding carboxylic acids is 1. The van der Waals surface area contributed by atoms with Crippen LogP contribution < -0.4 is 10.1 Å². The smallest absolute Gasteiger partial charge is 0.255 e.